The fourth-order valence-corrected chi connectivity index (χ4v) is 5.89. The highest BCUT2D eigenvalue weighted by Crippen LogP contribution is 2.42. The summed E-state index contributed by atoms with van der Waals surface area (Å²) >= 11 is 0. The van der Waals surface area contributed by atoms with Crippen LogP contribution in [0.2, 0.25) is 0 Å². The molecule has 0 bridgehead atoms. The summed E-state index contributed by atoms with van der Waals surface area (Å²) in [6, 6.07) is 0.671. The van der Waals surface area contributed by atoms with Crippen LogP contribution in [-0.2, 0) is 22.4 Å². The lowest BCUT2D eigenvalue weighted by atomic mass is 9.78. The first-order valence-electron chi connectivity index (χ1n) is 11.6. The van der Waals surface area contributed by atoms with Crippen LogP contribution in [0.3, 0.4) is 0 Å². The largest absolute Gasteiger partial charge is 0.417 e. The van der Waals surface area contributed by atoms with E-state index in [1.165, 1.54) is 11.2 Å². The van der Waals surface area contributed by atoms with Crippen molar-refractivity contribution in [2.75, 3.05) is 38.5 Å². The molecule has 3 rings (SSSR count). The molecule has 1 aromatic rings. The highest BCUT2D eigenvalue weighted by atomic mass is 35.5. The van der Waals surface area contributed by atoms with Gasteiger partial charge in [0.15, 0.2) is 0 Å². The molecule has 1 heterocycles. The summed E-state index contributed by atoms with van der Waals surface area (Å²) in [5.41, 5.74) is -5.43. The van der Waals surface area contributed by atoms with Gasteiger partial charge in [0.05, 0.1) is 22.4 Å². The van der Waals surface area contributed by atoms with Gasteiger partial charge in [-0.15, -0.1) is 12.4 Å². The Morgan fingerprint density at radius 2 is 1.50 bits per heavy atom. The second-order valence-corrected chi connectivity index (χ2v) is 11.6. The van der Waals surface area contributed by atoms with Gasteiger partial charge in [0.1, 0.15) is 0 Å². The zero-order valence-electron chi connectivity index (χ0n) is 20.3. The van der Waals surface area contributed by atoms with Gasteiger partial charge < -0.3 is 5.32 Å². The monoisotopic (exact) mass is 601 g/mol. The van der Waals surface area contributed by atoms with Gasteiger partial charge in [-0.3, -0.25) is 9.69 Å². The number of amides is 1. The van der Waals surface area contributed by atoms with Crippen LogP contribution in [0.15, 0.2) is 18.2 Å². The van der Waals surface area contributed by atoms with E-state index in [1.807, 2.05) is 0 Å². The lowest BCUT2D eigenvalue weighted by molar-refractivity contribution is -0.143. The highest BCUT2D eigenvalue weighted by Gasteiger charge is 2.48. The molecule has 6 nitrogen and oxygen atoms in total. The summed E-state index contributed by atoms with van der Waals surface area (Å²) in [4.78, 5) is 14.5. The van der Waals surface area contributed by atoms with Gasteiger partial charge in [-0.05, 0) is 38.0 Å². The highest BCUT2D eigenvalue weighted by molar-refractivity contribution is 7.89. The van der Waals surface area contributed by atoms with Crippen LogP contribution >= 0.6 is 12.4 Å². The summed E-state index contributed by atoms with van der Waals surface area (Å²) in [6.45, 7) is 1.64. The molecule has 0 unspecified atom stereocenters. The molecule has 1 amide bonds. The number of nitrogens with zero attached hydrogens (tertiary/aromatic N) is 2. The van der Waals surface area contributed by atoms with E-state index >= 15 is 0 Å². The zero-order valence-corrected chi connectivity index (χ0v) is 21.9. The fourth-order valence-electron chi connectivity index (χ4n) is 4.80. The summed E-state index contributed by atoms with van der Waals surface area (Å²) < 4.78 is 133. The Bertz CT molecular complexity index is 1090. The normalized spacial score (nSPS) is 21.0. The Labute approximate surface area is 221 Å². The molecule has 2 fully saturated rings. The van der Waals surface area contributed by atoms with E-state index in [1.54, 1.807) is 4.90 Å². The third kappa shape index (κ3) is 7.27. The minimum atomic E-state index is -5.25. The molecule has 1 saturated carbocycles. The van der Waals surface area contributed by atoms with E-state index in [-0.39, 0.29) is 69.8 Å². The number of halogens is 9. The second kappa shape index (κ2) is 11.4. The molecule has 38 heavy (non-hydrogen) atoms. The Balaban J connectivity index is 0.00000507. The van der Waals surface area contributed by atoms with Gasteiger partial charge in [0.2, 0.25) is 15.9 Å². The number of carbonyl (C=O) groups is 1. The molecular weight excluding hydrogens is 574 g/mol. The maximum atomic E-state index is 14.0. The average molecular weight is 602 g/mol. The molecular formula is C22H28ClF8N3O3S. The van der Waals surface area contributed by atoms with Crippen LogP contribution in [0.25, 0.3) is 0 Å². The maximum Gasteiger partial charge on any atom is 0.417 e. The molecule has 1 saturated heterocycles. The molecule has 0 aromatic heterocycles. The van der Waals surface area contributed by atoms with Gasteiger partial charge in [-0.2, -0.15) is 30.6 Å². The molecule has 16 heteroatoms. The molecule has 1 N–H and O–H groups in total. The molecule has 0 spiro atoms. The number of alkyl halides is 8. The van der Waals surface area contributed by atoms with Crippen molar-refractivity contribution in [1.29, 1.82) is 0 Å². The SMILES string of the molecule is CCS(=O)(=O)N1CCN(C2(CNC(=O)c3ccc(C(F)(F)F)cc3C(F)(F)F)CCC(F)(F)CC2)CC1.Cl. The summed E-state index contributed by atoms with van der Waals surface area (Å²) in [5.74, 6) is -4.36. The van der Waals surface area contributed by atoms with Crippen molar-refractivity contribution in [3.63, 3.8) is 0 Å². The number of nitrogens with one attached hydrogen (secondary N) is 1. The maximum absolute atomic E-state index is 14.0. The molecule has 1 aromatic carbocycles. The van der Waals surface area contributed by atoms with Crippen molar-refractivity contribution >= 4 is 28.3 Å². The molecule has 0 radical (unpaired) electrons. The Kier molecular flexibility index (Phi) is 9.76. The van der Waals surface area contributed by atoms with Crippen LogP contribution in [0.4, 0.5) is 35.1 Å². The van der Waals surface area contributed by atoms with Gasteiger partial charge in [-0.25, -0.2) is 17.2 Å². The molecule has 2 aliphatic rings. The van der Waals surface area contributed by atoms with Crippen molar-refractivity contribution in [3.8, 4) is 0 Å². The van der Waals surface area contributed by atoms with Crippen molar-refractivity contribution < 1.29 is 48.3 Å². The predicted octanol–water partition coefficient (Wildman–Crippen LogP) is 4.79. The van der Waals surface area contributed by atoms with E-state index in [0.29, 0.717) is 12.1 Å². The first-order chi connectivity index (χ1) is 16.9. The zero-order chi connectivity index (χ0) is 27.9. The Morgan fingerprint density at radius 3 is 1.97 bits per heavy atom. The van der Waals surface area contributed by atoms with Gasteiger partial charge in [0, 0.05) is 51.1 Å². The van der Waals surface area contributed by atoms with Crippen LogP contribution in [0.1, 0.15) is 54.1 Å². The summed E-state index contributed by atoms with van der Waals surface area (Å²) in [7, 11) is -3.48. The van der Waals surface area contributed by atoms with Crippen molar-refractivity contribution in [3.05, 3.63) is 34.9 Å². The van der Waals surface area contributed by atoms with E-state index in [0.717, 1.165) is 0 Å². The lowest BCUT2D eigenvalue weighted by Gasteiger charge is -2.50. The number of hydrogen-bond acceptors (Lipinski definition) is 4. The van der Waals surface area contributed by atoms with E-state index in [4.69, 9.17) is 0 Å². The molecule has 1 aliphatic heterocycles. The van der Waals surface area contributed by atoms with E-state index in [9.17, 15) is 48.3 Å². The average Bonchev–Trinajstić information content (AvgIpc) is 2.82. The minimum absolute atomic E-state index is 0. The van der Waals surface area contributed by atoms with Gasteiger partial charge >= 0.3 is 12.4 Å². The van der Waals surface area contributed by atoms with Gasteiger partial charge in [0.25, 0.3) is 5.91 Å². The topological polar surface area (TPSA) is 69.7 Å². The van der Waals surface area contributed by atoms with Crippen LogP contribution < -0.4 is 5.32 Å². The number of rotatable bonds is 6. The van der Waals surface area contributed by atoms with Crippen molar-refractivity contribution in [2.45, 2.75) is 56.4 Å². The Morgan fingerprint density at radius 1 is 0.947 bits per heavy atom. The smallest absolute Gasteiger partial charge is 0.350 e. The quantitative estimate of drug-likeness (QED) is 0.476. The van der Waals surface area contributed by atoms with Crippen LogP contribution in [0.5, 0.6) is 0 Å². The third-order valence-electron chi connectivity index (χ3n) is 7.05. The predicted molar refractivity (Wildman–Crippen MR) is 125 cm³/mol. The third-order valence-corrected chi connectivity index (χ3v) is 8.94. The fraction of sp³-hybridized carbons (Fsp3) is 0.682. The van der Waals surface area contributed by atoms with Crippen molar-refractivity contribution in [2.24, 2.45) is 0 Å². The van der Waals surface area contributed by atoms with Crippen LogP contribution in [0, 0.1) is 0 Å². The van der Waals surface area contributed by atoms with Crippen LogP contribution in [-0.4, -0.2) is 73.5 Å². The number of carbonyl (C=O) groups excluding carboxylic acids is 1. The summed E-state index contributed by atoms with van der Waals surface area (Å²) in [5, 5.41) is 2.32. The first-order valence-corrected chi connectivity index (χ1v) is 13.2. The molecule has 0 atom stereocenters. The number of sulfonamides is 1. The first kappa shape index (κ1) is 32.5. The lowest BCUT2D eigenvalue weighted by Crippen LogP contribution is -2.63. The molecule has 218 valence electrons. The number of benzene rings is 1. The Hall–Kier alpha value is -1.71. The minimum Gasteiger partial charge on any atom is -0.350 e. The number of hydrogen-bond donors (Lipinski definition) is 1. The van der Waals surface area contributed by atoms with Crippen molar-refractivity contribution in [1.82, 2.24) is 14.5 Å². The van der Waals surface area contributed by atoms with E-state index < -0.39 is 69.3 Å². The van der Waals surface area contributed by atoms with E-state index in [2.05, 4.69) is 5.32 Å². The molecule has 1 aliphatic carbocycles. The standard InChI is InChI=1S/C22H27F8N3O3S.ClH/c1-2-37(35,36)33-11-9-32(10-12-33)19(5-7-20(23,24)8-6-19)14-31-18(34)16-4-3-15(21(25,26)27)13-17(16)22(28,29)30;/h3-4,13H,2,5-12,14H2,1H3,(H,31,34);1H. The second-order valence-electron chi connectivity index (χ2n) is 9.31. The summed E-state index contributed by atoms with van der Waals surface area (Å²) in [6.07, 6.45) is -11.6. The van der Waals surface area contributed by atoms with Gasteiger partial charge in [-0.1, -0.05) is 0 Å². The number of piperazine rings is 1.